The summed E-state index contributed by atoms with van der Waals surface area (Å²) in [6.07, 6.45) is 0.346. The van der Waals surface area contributed by atoms with Crippen molar-refractivity contribution >= 4 is 5.97 Å². The Morgan fingerprint density at radius 3 is 2.73 bits per heavy atom. The van der Waals surface area contributed by atoms with Crippen molar-refractivity contribution in [3.8, 4) is 11.5 Å². The maximum atomic E-state index is 11.6. The fraction of sp³-hybridized carbons (Fsp3) is 0.458. The van der Waals surface area contributed by atoms with E-state index >= 15 is 0 Å². The van der Waals surface area contributed by atoms with E-state index < -0.39 is 6.10 Å². The minimum absolute atomic E-state index is 0.00325. The number of benzene rings is 2. The fourth-order valence-corrected chi connectivity index (χ4v) is 3.51. The van der Waals surface area contributed by atoms with E-state index in [0.29, 0.717) is 26.1 Å². The van der Waals surface area contributed by atoms with Crippen molar-refractivity contribution in [2.75, 3.05) is 19.9 Å². The van der Waals surface area contributed by atoms with Crippen LogP contribution in [0.15, 0.2) is 36.4 Å². The van der Waals surface area contributed by atoms with Gasteiger partial charge in [-0.3, -0.25) is 9.69 Å². The number of carbonyl (C=O) groups excluding carboxylic acids is 1. The highest BCUT2D eigenvalue weighted by molar-refractivity contribution is 5.69. The zero-order valence-electron chi connectivity index (χ0n) is 18.0. The summed E-state index contributed by atoms with van der Waals surface area (Å²) in [4.78, 5) is 13.8. The molecule has 2 aromatic carbocycles. The molecule has 6 nitrogen and oxygen atoms in total. The minimum Gasteiger partial charge on any atom is -0.463 e. The Morgan fingerprint density at radius 2 is 1.93 bits per heavy atom. The lowest BCUT2D eigenvalue weighted by Gasteiger charge is -2.26. The maximum Gasteiger partial charge on any atom is 0.305 e. The number of aryl methyl sites for hydroxylation is 2. The number of ether oxygens (including phenoxy) is 3. The van der Waals surface area contributed by atoms with Crippen LogP contribution in [0.25, 0.3) is 0 Å². The molecule has 0 amide bonds. The van der Waals surface area contributed by atoms with Crippen LogP contribution in [0.1, 0.15) is 42.0 Å². The predicted octanol–water partition coefficient (Wildman–Crippen LogP) is 3.74. The highest BCUT2D eigenvalue weighted by atomic mass is 16.7. The van der Waals surface area contributed by atoms with Gasteiger partial charge in [-0.05, 0) is 49.1 Å². The zero-order valence-corrected chi connectivity index (χ0v) is 18.0. The summed E-state index contributed by atoms with van der Waals surface area (Å²) in [5.41, 5.74) is 4.69. The topological polar surface area (TPSA) is 68.2 Å². The second kappa shape index (κ2) is 10.5. The quantitative estimate of drug-likeness (QED) is 0.599. The molecule has 1 unspecified atom stereocenters. The highest BCUT2D eigenvalue weighted by Crippen LogP contribution is 2.33. The van der Waals surface area contributed by atoms with E-state index in [4.69, 9.17) is 14.2 Å². The molecular formula is C24H31NO5. The van der Waals surface area contributed by atoms with Gasteiger partial charge in [0.05, 0.1) is 0 Å². The summed E-state index contributed by atoms with van der Waals surface area (Å²) in [7, 11) is 0. The summed E-state index contributed by atoms with van der Waals surface area (Å²) >= 11 is 0. The summed E-state index contributed by atoms with van der Waals surface area (Å²) in [6, 6.07) is 12.3. The molecule has 1 aliphatic heterocycles. The average molecular weight is 414 g/mol. The predicted molar refractivity (Wildman–Crippen MR) is 114 cm³/mol. The van der Waals surface area contributed by atoms with Crippen LogP contribution in [0.2, 0.25) is 0 Å². The molecule has 0 saturated heterocycles. The molecule has 1 aliphatic rings. The van der Waals surface area contributed by atoms with Crippen LogP contribution in [0, 0.1) is 13.8 Å². The molecule has 0 spiro atoms. The van der Waals surface area contributed by atoms with E-state index in [1.165, 1.54) is 16.7 Å². The third-order valence-electron chi connectivity index (χ3n) is 5.10. The Balaban J connectivity index is 1.70. The molecule has 0 bridgehead atoms. The van der Waals surface area contributed by atoms with Gasteiger partial charge in [0.1, 0.15) is 12.7 Å². The van der Waals surface area contributed by atoms with Gasteiger partial charge in [-0.25, -0.2) is 0 Å². The molecule has 30 heavy (non-hydrogen) atoms. The van der Waals surface area contributed by atoms with Gasteiger partial charge in [-0.2, -0.15) is 0 Å². The number of aliphatic hydroxyl groups excluding tert-OH is 1. The van der Waals surface area contributed by atoms with E-state index in [0.717, 1.165) is 23.5 Å². The number of hydrogen-bond donors (Lipinski definition) is 1. The van der Waals surface area contributed by atoms with Gasteiger partial charge < -0.3 is 19.3 Å². The van der Waals surface area contributed by atoms with Crippen LogP contribution in [-0.4, -0.2) is 42.0 Å². The normalized spacial score (nSPS) is 13.5. The summed E-state index contributed by atoms with van der Waals surface area (Å²) in [5.74, 6) is 1.23. The molecule has 1 heterocycles. The second-order valence-corrected chi connectivity index (χ2v) is 7.87. The van der Waals surface area contributed by atoms with Crippen molar-refractivity contribution in [3.05, 3.63) is 58.7 Å². The molecule has 0 aliphatic carbocycles. The Labute approximate surface area is 178 Å². The molecule has 0 radical (unpaired) electrons. The largest absolute Gasteiger partial charge is 0.463 e. The van der Waals surface area contributed by atoms with E-state index in [1.807, 2.05) is 25.1 Å². The smallest absolute Gasteiger partial charge is 0.305 e. The van der Waals surface area contributed by atoms with Crippen LogP contribution in [0.4, 0.5) is 0 Å². The van der Waals surface area contributed by atoms with Crippen molar-refractivity contribution in [2.45, 2.75) is 52.8 Å². The van der Waals surface area contributed by atoms with Crippen molar-refractivity contribution < 1.29 is 24.1 Å². The third kappa shape index (κ3) is 6.21. The van der Waals surface area contributed by atoms with Crippen molar-refractivity contribution in [2.24, 2.45) is 0 Å². The maximum absolute atomic E-state index is 11.6. The first-order chi connectivity index (χ1) is 14.4. The summed E-state index contributed by atoms with van der Waals surface area (Å²) in [5, 5.41) is 10.5. The molecule has 3 rings (SSSR count). The Hall–Kier alpha value is -2.57. The van der Waals surface area contributed by atoms with Gasteiger partial charge in [-0.15, -0.1) is 0 Å². The Bertz CT molecular complexity index is 867. The zero-order chi connectivity index (χ0) is 21.5. The van der Waals surface area contributed by atoms with Gasteiger partial charge in [0.2, 0.25) is 6.79 Å². The molecule has 0 saturated carbocycles. The fourth-order valence-electron chi connectivity index (χ4n) is 3.51. The molecule has 1 N–H and O–H groups in total. The summed E-state index contributed by atoms with van der Waals surface area (Å²) in [6.45, 7) is 8.04. The lowest BCUT2D eigenvalue weighted by atomic mass is 10.0. The first kappa shape index (κ1) is 22.1. The third-order valence-corrected chi connectivity index (χ3v) is 5.10. The van der Waals surface area contributed by atoms with Crippen LogP contribution in [0.3, 0.4) is 0 Å². The van der Waals surface area contributed by atoms with E-state index in [-0.39, 0.29) is 19.4 Å². The molecule has 162 valence electrons. The number of fused-ring (bicyclic) bond motifs is 1. The molecule has 0 aromatic heterocycles. The van der Waals surface area contributed by atoms with Gasteiger partial charge in [0.25, 0.3) is 0 Å². The van der Waals surface area contributed by atoms with Crippen molar-refractivity contribution in [1.82, 2.24) is 4.90 Å². The van der Waals surface area contributed by atoms with Crippen molar-refractivity contribution in [1.29, 1.82) is 0 Å². The van der Waals surface area contributed by atoms with Crippen LogP contribution >= 0.6 is 0 Å². The second-order valence-electron chi connectivity index (χ2n) is 7.87. The average Bonchev–Trinajstić information content (AvgIpc) is 3.17. The van der Waals surface area contributed by atoms with E-state index in [1.54, 1.807) is 0 Å². The van der Waals surface area contributed by atoms with E-state index in [2.05, 4.69) is 36.9 Å². The van der Waals surface area contributed by atoms with Crippen LogP contribution in [0.5, 0.6) is 11.5 Å². The first-order valence-electron chi connectivity index (χ1n) is 10.4. The number of carbonyl (C=O) groups is 1. The lowest BCUT2D eigenvalue weighted by molar-refractivity contribution is -0.147. The van der Waals surface area contributed by atoms with E-state index in [9.17, 15) is 9.90 Å². The standard InChI is InChI=1S/C24H31NO5/c1-4-5-24(27)28-15-21(26)14-25(13-20-10-17(2)6-7-18(20)3)12-19-8-9-22-23(11-19)30-16-29-22/h6-11,21,26H,4-5,12-16H2,1-3H3. The Morgan fingerprint density at radius 1 is 1.13 bits per heavy atom. The van der Waals surface area contributed by atoms with Gasteiger partial charge >= 0.3 is 5.97 Å². The first-order valence-corrected chi connectivity index (χ1v) is 10.4. The van der Waals surface area contributed by atoms with Crippen LogP contribution < -0.4 is 9.47 Å². The number of nitrogens with zero attached hydrogens (tertiary/aromatic N) is 1. The monoisotopic (exact) mass is 413 g/mol. The Kier molecular flexibility index (Phi) is 7.71. The van der Waals surface area contributed by atoms with Gasteiger partial charge in [-0.1, -0.05) is 36.8 Å². The highest BCUT2D eigenvalue weighted by Gasteiger charge is 2.18. The molecule has 6 heteroatoms. The minimum atomic E-state index is -0.759. The molecule has 1 atom stereocenters. The summed E-state index contributed by atoms with van der Waals surface area (Å²) < 4.78 is 16.1. The molecule has 0 fully saturated rings. The number of aliphatic hydroxyl groups is 1. The number of rotatable bonds is 10. The number of esters is 1. The molecular weight excluding hydrogens is 382 g/mol. The molecule has 2 aromatic rings. The van der Waals surface area contributed by atoms with Gasteiger partial charge in [0, 0.05) is 26.1 Å². The SMILES string of the molecule is CCCC(=O)OCC(O)CN(Cc1ccc2c(c1)OCO2)Cc1cc(C)ccc1C. The number of hydrogen-bond acceptors (Lipinski definition) is 6. The van der Waals surface area contributed by atoms with Crippen LogP contribution in [-0.2, 0) is 22.6 Å². The lowest BCUT2D eigenvalue weighted by Crippen LogP contribution is -2.35. The van der Waals surface area contributed by atoms with Crippen molar-refractivity contribution in [3.63, 3.8) is 0 Å². The van der Waals surface area contributed by atoms with Gasteiger partial charge in [0.15, 0.2) is 11.5 Å².